The molecule has 0 aliphatic rings. The van der Waals surface area contributed by atoms with Crippen molar-refractivity contribution >= 4 is 5.97 Å². The van der Waals surface area contributed by atoms with Crippen LogP contribution in [0.15, 0.2) is 0 Å². The quantitative estimate of drug-likeness (QED) is 0.230. The molecule has 0 aliphatic carbocycles. The van der Waals surface area contributed by atoms with Crippen molar-refractivity contribution in [3.05, 3.63) is 0 Å². The Morgan fingerprint density at radius 1 is 0.769 bits per heavy atom. The van der Waals surface area contributed by atoms with Crippen molar-refractivity contribution in [3.63, 3.8) is 0 Å². The zero-order valence-corrected chi connectivity index (χ0v) is 17.6. The van der Waals surface area contributed by atoms with Gasteiger partial charge in [-0.25, -0.2) is 0 Å². The monoisotopic (exact) mass is 374 g/mol. The minimum atomic E-state index is -1.23. The van der Waals surface area contributed by atoms with Crippen LogP contribution in [0.25, 0.3) is 0 Å². The molecular weight excluding hydrogens is 332 g/mol. The summed E-state index contributed by atoms with van der Waals surface area (Å²) in [6.07, 6.45) is 10.3. The average molecular weight is 375 g/mol. The summed E-state index contributed by atoms with van der Waals surface area (Å²) < 4.78 is 18.1. The fourth-order valence-electron chi connectivity index (χ4n) is 3.00. The Bertz CT molecular complexity index is 311. The van der Waals surface area contributed by atoms with E-state index in [2.05, 4.69) is 6.92 Å². The molecule has 1 unspecified atom stereocenters. The van der Waals surface area contributed by atoms with Crippen LogP contribution in [0.3, 0.4) is 0 Å². The van der Waals surface area contributed by atoms with Crippen molar-refractivity contribution in [3.8, 4) is 0 Å². The first kappa shape index (κ1) is 25.4. The molecule has 0 heterocycles. The van der Waals surface area contributed by atoms with Crippen molar-refractivity contribution < 1.29 is 24.1 Å². The first-order valence-electron chi connectivity index (χ1n) is 10.7. The van der Waals surface area contributed by atoms with E-state index in [9.17, 15) is 9.90 Å². The number of hydrogen-bond donors (Lipinski definition) is 1. The third-order valence-electron chi connectivity index (χ3n) is 4.35. The summed E-state index contributed by atoms with van der Waals surface area (Å²) in [4.78, 5) is 11.5. The average Bonchev–Trinajstić information content (AvgIpc) is 2.63. The molecule has 5 heteroatoms. The van der Waals surface area contributed by atoms with E-state index in [1.165, 1.54) is 25.7 Å². The summed E-state index contributed by atoms with van der Waals surface area (Å²) in [5.74, 6) is -2.36. The first-order chi connectivity index (χ1) is 12.6. The SMILES string of the molecule is CCCCCCCCC(CC(=O)O)C(OCCC)(OCCC)OCCC. The number of carboxylic acid groups (broad SMARTS) is 1. The van der Waals surface area contributed by atoms with Crippen molar-refractivity contribution in [1.82, 2.24) is 0 Å². The fraction of sp³-hybridized carbons (Fsp3) is 0.952. The van der Waals surface area contributed by atoms with Crippen molar-refractivity contribution in [2.45, 2.75) is 104 Å². The Balaban J connectivity index is 5.08. The molecule has 5 nitrogen and oxygen atoms in total. The number of aliphatic carboxylic acids is 1. The van der Waals surface area contributed by atoms with Gasteiger partial charge >= 0.3 is 5.97 Å². The van der Waals surface area contributed by atoms with E-state index >= 15 is 0 Å². The van der Waals surface area contributed by atoms with Gasteiger partial charge in [-0.3, -0.25) is 4.79 Å². The third kappa shape index (κ3) is 11.1. The molecule has 156 valence electrons. The highest BCUT2D eigenvalue weighted by Crippen LogP contribution is 2.34. The van der Waals surface area contributed by atoms with Gasteiger partial charge in [-0.05, 0) is 25.7 Å². The Labute approximate surface area is 160 Å². The van der Waals surface area contributed by atoms with E-state index in [1.807, 2.05) is 20.8 Å². The minimum Gasteiger partial charge on any atom is -0.481 e. The van der Waals surface area contributed by atoms with Crippen LogP contribution in [0.1, 0.15) is 98.3 Å². The fourth-order valence-corrected chi connectivity index (χ4v) is 3.00. The van der Waals surface area contributed by atoms with E-state index < -0.39 is 11.9 Å². The molecule has 0 bridgehead atoms. The van der Waals surface area contributed by atoms with Crippen LogP contribution in [-0.2, 0) is 19.0 Å². The van der Waals surface area contributed by atoms with E-state index in [1.54, 1.807) is 0 Å². The molecule has 0 aromatic heterocycles. The molecular formula is C21H42O5. The summed E-state index contributed by atoms with van der Waals surface area (Å²) in [6.45, 7) is 9.80. The molecule has 0 rings (SSSR count). The topological polar surface area (TPSA) is 65.0 Å². The largest absolute Gasteiger partial charge is 0.481 e. The predicted octanol–water partition coefficient (Wildman–Crippen LogP) is 5.76. The van der Waals surface area contributed by atoms with Crippen LogP contribution in [0, 0.1) is 5.92 Å². The van der Waals surface area contributed by atoms with E-state index in [0.717, 1.165) is 38.5 Å². The lowest BCUT2D eigenvalue weighted by atomic mass is 9.94. The highest BCUT2D eigenvalue weighted by atomic mass is 16.9. The maximum absolute atomic E-state index is 11.5. The smallest absolute Gasteiger partial charge is 0.303 e. The number of hydrogen-bond acceptors (Lipinski definition) is 4. The normalized spacial score (nSPS) is 13.1. The lowest BCUT2D eigenvalue weighted by Crippen LogP contribution is -2.48. The van der Waals surface area contributed by atoms with E-state index in [4.69, 9.17) is 14.2 Å². The molecule has 1 N–H and O–H groups in total. The lowest BCUT2D eigenvalue weighted by molar-refractivity contribution is -0.406. The number of carbonyl (C=O) groups is 1. The number of rotatable bonds is 19. The summed E-state index contributed by atoms with van der Waals surface area (Å²) >= 11 is 0. The first-order valence-corrected chi connectivity index (χ1v) is 10.7. The standard InChI is InChI=1S/C21H42O5/c1-5-9-10-11-12-13-14-19(18-20(22)23)21(24-15-6-2,25-16-7-3)26-17-8-4/h19H,5-18H2,1-4H3,(H,22,23). The van der Waals surface area contributed by atoms with Crippen LogP contribution in [-0.4, -0.2) is 36.9 Å². The Kier molecular flexibility index (Phi) is 16.1. The van der Waals surface area contributed by atoms with Crippen molar-refractivity contribution in [2.75, 3.05) is 19.8 Å². The van der Waals surface area contributed by atoms with Gasteiger partial charge in [0.2, 0.25) is 0 Å². The van der Waals surface area contributed by atoms with Gasteiger partial charge in [-0.15, -0.1) is 0 Å². The molecule has 0 radical (unpaired) electrons. The second-order valence-electron chi connectivity index (χ2n) is 7.00. The molecule has 0 saturated carbocycles. The molecule has 0 aliphatic heterocycles. The molecule has 0 aromatic rings. The van der Waals surface area contributed by atoms with Gasteiger partial charge in [-0.2, -0.15) is 0 Å². The predicted molar refractivity (Wildman–Crippen MR) is 105 cm³/mol. The maximum atomic E-state index is 11.5. The second-order valence-corrected chi connectivity index (χ2v) is 7.00. The summed E-state index contributed by atoms with van der Waals surface area (Å²) in [5.41, 5.74) is 0. The Hall–Kier alpha value is -0.650. The van der Waals surface area contributed by atoms with Gasteiger partial charge in [-0.1, -0.05) is 66.2 Å². The number of ether oxygens (including phenoxy) is 3. The number of carboxylic acids is 1. The van der Waals surface area contributed by atoms with Crippen LogP contribution in [0.2, 0.25) is 0 Å². The highest BCUT2D eigenvalue weighted by molar-refractivity contribution is 5.67. The zero-order chi connectivity index (χ0) is 19.7. The Morgan fingerprint density at radius 2 is 1.23 bits per heavy atom. The molecule has 0 aromatic carbocycles. The van der Waals surface area contributed by atoms with Crippen molar-refractivity contribution in [2.24, 2.45) is 5.92 Å². The third-order valence-corrected chi connectivity index (χ3v) is 4.35. The summed E-state index contributed by atoms with van der Waals surface area (Å²) in [5, 5.41) is 9.43. The molecule has 0 spiro atoms. The molecule has 0 fully saturated rings. The van der Waals surface area contributed by atoms with Gasteiger partial charge < -0.3 is 19.3 Å². The van der Waals surface area contributed by atoms with E-state index in [-0.39, 0.29) is 12.3 Å². The van der Waals surface area contributed by atoms with Crippen LogP contribution >= 0.6 is 0 Å². The molecule has 0 saturated heterocycles. The van der Waals surface area contributed by atoms with Gasteiger partial charge in [0.15, 0.2) is 0 Å². The van der Waals surface area contributed by atoms with E-state index in [0.29, 0.717) is 19.8 Å². The van der Waals surface area contributed by atoms with Crippen LogP contribution in [0.4, 0.5) is 0 Å². The van der Waals surface area contributed by atoms with Crippen LogP contribution in [0.5, 0.6) is 0 Å². The van der Waals surface area contributed by atoms with Crippen LogP contribution < -0.4 is 0 Å². The number of unbranched alkanes of at least 4 members (excludes halogenated alkanes) is 5. The van der Waals surface area contributed by atoms with Gasteiger partial charge in [0.05, 0.1) is 32.2 Å². The molecule has 1 atom stereocenters. The lowest BCUT2D eigenvalue weighted by Gasteiger charge is -2.39. The Morgan fingerprint density at radius 3 is 1.65 bits per heavy atom. The summed E-state index contributed by atoms with van der Waals surface area (Å²) in [6, 6.07) is 0. The minimum absolute atomic E-state index is 0.00605. The maximum Gasteiger partial charge on any atom is 0.303 e. The van der Waals surface area contributed by atoms with Gasteiger partial charge in [0.25, 0.3) is 5.97 Å². The van der Waals surface area contributed by atoms with Gasteiger partial charge in [0, 0.05) is 0 Å². The summed E-state index contributed by atoms with van der Waals surface area (Å²) in [7, 11) is 0. The second kappa shape index (κ2) is 16.5. The van der Waals surface area contributed by atoms with Crippen molar-refractivity contribution in [1.29, 1.82) is 0 Å². The molecule has 26 heavy (non-hydrogen) atoms. The molecule has 0 amide bonds. The zero-order valence-electron chi connectivity index (χ0n) is 17.6. The van der Waals surface area contributed by atoms with Gasteiger partial charge in [0.1, 0.15) is 0 Å². The highest BCUT2D eigenvalue weighted by Gasteiger charge is 2.43.